The number of hydrogen-bond donors (Lipinski definition) is 1. The van der Waals surface area contributed by atoms with Crippen molar-refractivity contribution in [3.05, 3.63) is 11.3 Å². The molecule has 28 heavy (non-hydrogen) atoms. The van der Waals surface area contributed by atoms with Gasteiger partial charge in [0, 0.05) is 25.2 Å². The van der Waals surface area contributed by atoms with Gasteiger partial charge < -0.3 is 19.8 Å². The Kier molecular flexibility index (Phi) is 11.2. The Bertz CT molecular complexity index is 545. The first-order valence-electron chi connectivity index (χ1n) is 9.66. The van der Waals surface area contributed by atoms with Crippen molar-refractivity contribution < 1.29 is 27.4 Å². The van der Waals surface area contributed by atoms with Crippen molar-refractivity contribution in [1.82, 2.24) is 4.90 Å². The number of nitrogens with zero attached hydrogens (tertiary/aromatic N) is 1. The lowest BCUT2D eigenvalue weighted by molar-refractivity contribution is -0.0986. The Labute approximate surface area is 166 Å². The molecule has 0 aromatic heterocycles. The lowest BCUT2D eigenvalue weighted by atomic mass is 9.92. The normalized spacial score (nSPS) is 15.0. The molecular weight excluding hydrogens is 373 g/mol. The van der Waals surface area contributed by atoms with Crippen LogP contribution in [0.15, 0.2) is 11.3 Å². The van der Waals surface area contributed by atoms with Gasteiger partial charge in [0.25, 0.3) is 0 Å². The molecule has 0 rings (SSSR count). The second-order valence-corrected chi connectivity index (χ2v) is 7.58. The zero-order chi connectivity index (χ0) is 22.1. The molecule has 0 heterocycles. The van der Waals surface area contributed by atoms with E-state index in [0.29, 0.717) is 19.4 Å². The summed E-state index contributed by atoms with van der Waals surface area (Å²) in [6.45, 7) is 10.6. The van der Waals surface area contributed by atoms with Gasteiger partial charge in [-0.2, -0.15) is 13.2 Å². The number of nitrogens with one attached hydrogen (secondary N) is 1. The van der Waals surface area contributed by atoms with E-state index in [9.17, 15) is 18.0 Å². The summed E-state index contributed by atoms with van der Waals surface area (Å²) < 4.78 is 50.7. The molecule has 0 aliphatic rings. The maximum atomic E-state index is 13.4. The molecule has 0 spiro atoms. The fraction of sp³-hybridized carbons (Fsp3) is 0.800. The molecule has 2 atom stereocenters. The minimum atomic E-state index is -4.49. The second-order valence-electron chi connectivity index (χ2n) is 7.58. The molecule has 2 unspecified atom stereocenters. The van der Waals surface area contributed by atoms with Crippen molar-refractivity contribution >= 4 is 11.8 Å². The summed E-state index contributed by atoms with van der Waals surface area (Å²) in [6.07, 6.45) is -4.40. The highest BCUT2D eigenvalue weighted by Crippen LogP contribution is 2.34. The van der Waals surface area contributed by atoms with Crippen LogP contribution in [-0.4, -0.2) is 49.2 Å². The van der Waals surface area contributed by atoms with Crippen molar-refractivity contribution in [1.29, 1.82) is 5.41 Å². The molecule has 0 aliphatic heterocycles. The van der Waals surface area contributed by atoms with Crippen LogP contribution in [0.25, 0.3) is 0 Å². The molecule has 0 aromatic rings. The fourth-order valence-corrected chi connectivity index (χ4v) is 2.73. The van der Waals surface area contributed by atoms with Gasteiger partial charge >= 0.3 is 12.3 Å². The van der Waals surface area contributed by atoms with E-state index in [2.05, 4.69) is 0 Å². The second kappa shape index (κ2) is 12.0. The Hall–Kier alpha value is -1.73. The number of alkyl halides is 3. The van der Waals surface area contributed by atoms with Crippen LogP contribution in [0.2, 0.25) is 0 Å². The Morgan fingerprint density at radius 1 is 1.18 bits per heavy atom. The summed E-state index contributed by atoms with van der Waals surface area (Å²) in [6, 6.07) is 0. The number of carbonyl (C=O) groups excluding carboxylic acids is 1. The van der Waals surface area contributed by atoms with Gasteiger partial charge in [0.05, 0.1) is 18.3 Å². The smallest absolute Gasteiger partial charge is 0.415 e. The zero-order valence-electron chi connectivity index (χ0n) is 18.1. The highest BCUT2D eigenvalue weighted by Gasteiger charge is 2.37. The van der Waals surface area contributed by atoms with Gasteiger partial charge in [0.15, 0.2) is 0 Å². The first kappa shape index (κ1) is 26.3. The molecule has 164 valence electrons. The third-order valence-electron chi connectivity index (χ3n) is 4.49. The van der Waals surface area contributed by atoms with Crippen molar-refractivity contribution in [3.8, 4) is 0 Å². The van der Waals surface area contributed by atoms with Crippen LogP contribution in [0.4, 0.5) is 18.0 Å². The molecule has 5 nitrogen and oxygen atoms in total. The van der Waals surface area contributed by atoms with Crippen LogP contribution >= 0.6 is 0 Å². The van der Waals surface area contributed by atoms with Crippen LogP contribution in [-0.2, 0) is 9.47 Å². The van der Waals surface area contributed by atoms with E-state index in [0.717, 1.165) is 0 Å². The molecule has 1 amide bonds. The summed E-state index contributed by atoms with van der Waals surface area (Å²) in [4.78, 5) is 13.2. The van der Waals surface area contributed by atoms with Crippen LogP contribution in [0.3, 0.4) is 0 Å². The first-order valence-corrected chi connectivity index (χ1v) is 9.66. The van der Waals surface area contributed by atoms with Crippen molar-refractivity contribution in [2.24, 2.45) is 11.8 Å². The Balaban J connectivity index is 4.80. The monoisotopic (exact) mass is 408 g/mol. The molecule has 8 heteroatoms. The van der Waals surface area contributed by atoms with E-state index in [1.165, 1.54) is 18.7 Å². The van der Waals surface area contributed by atoms with E-state index in [1.807, 2.05) is 6.92 Å². The molecule has 0 aromatic carbocycles. The fourth-order valence-electron chi connectivity index (χ4n) is 2.73. The third kappa shape index (κ3) is 9.99. The predicted molar refractivity (Wildman–Crippen MR) is 105 cm³/mol. The molecule has 0 saturated carbocycles. The van der Waals surface area contributed by atoms with Crippen molar-refractivity contribution in [2.45, 2.75) is 73.1 Å². The number of halogens is 3. The van der Waals surface area contributed by atoms with E-state index >= 15 is 0 Å². The average Bonchev–Trinajstić information content (AvgIpc) is 2.53. The number of rotatable bonds is 11. The van der Waals surface area contributed by atoms with E-state index < -0.39 is 23.8 Å². The number of allylic oxidation sites excluding steroid dienone is 2. The van der Waals surface area contributed by atoms with Gasteiger partial charge in [-0.25, -0.2) is 4.79 Å². The summed E-state index contributed by atoms with van der Waals surface area (Å²) in [5.41, 5.74) is -0.474. The molecular formula is C20H35F3N2O3. The number of ether oxygens (including phenoxy) is 2. The SMILES string of the molecule is CCC(CC(=C(C)OCCC(C)CN(C)C(=O)OC(C)C)C(F)(F)F)C(C)=N. The lowest BCUT2D eigenvalue weighted by Gasteiger charge is -2.23. The van der Waals surface area contributed by atoms with Crippen molar-refractivity contribution in [2.75, 3.05) is 20.2 Å². The van der Waals surface area contributed by atoms with Crippen molar-refractivity contribution in [3.63, 3.8) is 0 Å². The quantitative estimate of drug-likeness (QED) is 0.347. The molecule has 0 fully saturated rings. The average molecular weight is 409 g/mol. The van der Waals surface area contributed by atoms with Crippen LogP contribution < -0.4 is 0 Å². The Morgan fingerprint density at radius 3 is 2.18 bits per heavy atom. The summed E-state index contributed by atoms with van der Waals surface area (Å²) in [5.74, 6) is -0.555. The third-order valence-corrected chi connectivity index (χ3v) is 4.49. The van der Waals surface area contributed by atoms with Gasteiger partial charge in [-0.05, 0) is 52.9 Å². The maximum Gasteiger partial charge on any atom is 0.415 e. The van der Waals surface area contributed by atoms with Crippen LogP contribution in [0.1, 0.15) is 60.8 Å². The van der Waals surface area contributed by atoms with Gasteiger partial charge in [0.2, 0.25) is 0 Å². The minimum absolute atomic E-state index is 0.0408. The zero-order valence-corrected chi connectivity index (χ0v) is 18.1. The predicted octanol–water partition coefficient (Wildman–Crippen LogP) is 5.80. The van der Waals surface area contributed by atoms with Gasteiger partial charge in [0.1, 0.15) is 5.76 Å². The summed E-state index contributed by atoms with van der Waals surface area (Å²) in [5, 5.41) is 7.65. The molecule has 0 saturated heterocycles. The van der Waals surface area contributed by atoms with E-state index in [-0.39, 0.29) is 36.5 Å². The number of amides is 1. The first-order chi connectivity index (χ1) is 12.8. The van der Waals surface area contributed by atoms with Gasteiger partial charge in [-0.15, -0.1) is 0 Å². The highest BCUT2D eigenvalue weighted by atomic mass is 19.4. The maximum absolute atomic E-state index is 13.4. The van der Waals surface area contributed by atoms with E-state index in [4.69, 9.17) is 14.9 Å². The van der Waals surface area contributed by atoms with E-state index in [1.54, 1.807) is 27.8 Å². The standard InChI is InChI=1S/C20H35F3N2O3/c1-8-17(15(5)24)11-18(20(21,22)23)16(6)27-10-9-14(4)12-25(7)19(26)28-13(2)3/h13-14,17,24H,8-12H2,1-7H3. The molecule has 0 aliphatic carbocycles. The van der Waals surface area contributed by atoms with Crippen LogP contribution in [0.5, 0.6) is 0 Å². The lowest BCUT2D eigenvalue weighted by Crippen LogP contribution is -2.33. The minimum Gasteiger partial charge on any atom is -0.498 e. The summed E-state index contributed by atoms with van der Waals surface area (Å²) in [7, 11) is 1.62. The molecule has 1 N–H and O–H groups in total. The largest absolute Gasteiger partial charge is 0.498 e. The Morgan fingerprint density at radius 2 is 1.75 bits per heavy atom. The van der Waals surface area contributed by atoms with Gasteiger partial charge in [-0.3, -0.25) is 0 Å². The molecule has 0 bridgehead atoms. The topological polar surface area (TPSA) is 62.6 Å². The van der Waals surface area contributed by atoms with Crippen LogP contribution in [0, 0.1) is 17.2 Å². The number of carbonyl (C=O) groups is 1. The molecule has 0 radical (unpaired) electrons. The summed E-state index contributed by atoms with van der Waals surface area (Å²) >= 11 is 0. The highest BCUT2D eigenvalue weighted by molar-refractivity contribution is 5.81. The number of hydrogen-bond acceptors (Lipinski definition) is 4. The van der Waals surface area contributed by atoms with Gasteiger partial charge in [-0.1, -0.05) is 13.8 Å².